The Morgan fingerprint density at radius 1 is 1.03 bits per heavy atom. The number of benzene rings is 2. The van der Waals surface area contributed by atoms with E-state index in [-0.39, 0.29) is 37.4 Å². The number of carboxylic acid groups (broad SMARTS) is 1. The van der Waals surface area contributed by atoms with Crippen LogP contribution < -0.4 is 10.6 Å². The molecule has 1 atom stereocenters. The molecule has 35 heavy (non-hydrogen) atoms. The molecule has 186 valence electrons. The van der Waals surface area contributed by atoms with E-state index in [2.05, 4.69) is 34.9 Å². The summed E-state index contributed by atoms with van der Waals surface area (Å²) in [7, 11) is 0. The largest absolute Gasteiger partial charge is 0.481 e. The molecule has 1 unspecified atom stereocenters. The van der Waals surface area contributed by atoms with E-state index in [1.165, 1.54) is 11.1 Å². The van der Waals surface area contributed by atoms with Gasteiger partial charge in [0.2, 0.25) is 5.91 Å². The third-order valence-electron chi connectivity index (χ3n) is 7.36. The maximum atomic E-state index is 13.1. The number of nitrogens with one attached hydrogen (secondary N) is 2. The maximum absolute atomic E-state index is 13.1. The van der Waals surface area contributed by atoms with Crippen molar-refractivity contribution in [2.24, 2.45) is 5.41 Å². The molecule has 7 nitrogen and oxygen atoms in total. The van der Waals surface area contributed by atoms with Gasteiger partial charge in [-0.2, -0.15) is 0 Å². The second-order valence-electron chi connectivity index (χ2n) is 9.83. The molecule has 0 bridgehead atoms. The summed E-state index contributed by atoms with van der Waals surface area (Å²) < 4.78 is 5.64. The fourth-order valence-corrected chi connectivity index (χ4v) is 5.44. The summed E-state index contributed by atoms with van der Waals surface area (Å²) in [6, 6.07) is 16.3. The Morgan fingerprint density at radius 2 is 1.63 bits per heavy atom. The first-order chi connectivity index (χ1) is 16.9. The molecule has 2 aliphatic carbocycles. The number of fused-ring (bicyclic) bond motifs is 3. The number of alkyl carbamates (subject to hydrolysis) is 1. The van der Waals surface area contributed by atoms with Crippen LogP contribution in [0.4, 0.5) is 4.79 Å². The Bertz CT molecular complexity index is 1030. The second kappa shape index (κ2) is 10.9. The van der Waals surface area contributed by atoms with Crippen LogP contribution in [0.5, 0.6) is 0 Å². The van der Waals surface area contributed by atoms with Crippen molar-refractivity contribution in [1.82, 2.24) is 10.6 Å². The molecule has 3 N–H and O–H groups in total. The molecule has 1 saturated carbocycles. The summed E-state index contributed by atoms with van der Waals surface area (Å²) in [5, 5.41) is 14.7. The highest BCUT2D eigenvalue weighted by Crippen LogP contribution is 2.44. The van der Waals surface area contributed by atoms with Crippen molar-refractivity contribution >= 4 is 18.0 Å². The Hall–Kier alpha value is -3.35. The predicted molar refractivity (Wildman–Crippen MR) is 133 cm³/mol. The van der Waals surface area contributed by atoms with Crippen LogP contribution in [0.1, 0.15) is 68.9 Å². The highest BCUT2D eigenvalue weighted by Gasteiger charge is 2.42. The van der Waals surface area contributed by atoms with Crippen molar-refractivity contribution in [3.8, 4) is 11.1 Å². The van der Waals surface area contributed by atoms with Crippen LogP contribution in [0, 0.1) is 5.41 Å². The molecule has 0 aliphatic heterocycles. The van der Waals surface area contributed by atoms with E-state index in [0.29, 0.717) is 25.7 Å². The molecule has 0 radical (unpaired) electrons. The summed E-state index contributed by atoms with van der Waals surface area (Å²) in [5.74, 6) is -0.914. The third kappa shape index (κ3) is 5.66. The lowest BCUT2D eigenvalue weighted by atomic mass is 9.84. The van der Waals surface area contributed by atoms with Crippen LogP contribution in [0.2, 0.25) is 0 Å². The Morgan fingerprint density at radius 3 is 2.23 bits per heavy atom. The molecule has 0 heterocycles. The molecule has 0 saturated heterocycles. The van der Waals surface area contributed by atoms with Gasteiger partial charge >= 0.3 is 12.1 Å². The van der Waals surface area contributed by atoms with Gasteiger partial charge < -0.3 is 20.5 Å². The monoisotopic (exact) mass is 478 g/mol. The van der Waals surface area contributed by atoms with Crippen molar-refractivity contribution in [3.05, 3.63) is 59.7 Å². The quantitative estimate of drug-likeness (QED) is 0.453. The van der Waals surface area contributed by atoms with Crippen molar-refractivity contribution in [3.63, 3.8) is 0 Å². The average molecular weight is 479 g/mol. The van der Waals surface area contributed by atoms with Crippen molar-refractivity contribution < 1.29 is 24.2 Å². The van der Waals surface area contributed by atoms with Gasteiger partial charge in [-0.15, -0.1) is 0 Å². The van der Waals surface area contributed by atoms with E-state index < -0.39 is 17.5 Å². The zero-order valence-corrected chi connectivity index (χ0v) is 20.2. The zero-order valence-electron chi connectivity index (χ0n) is 20.2. The minimum Gasteiger partial charge on any atom is -0.481 e. The Balaban J connectivity index is 1.32. The van der Waals surface area contributed by atoms with Crippen LogP contribution in [0.25, 0.3) is 11.1 Å². The van der Waals surface area contributed by atoms with E-state index in [0.717, 1.165) is 24.0 Å². The Labute approximate surface area is 206 Å². The minimum atomic E-state index is -0.830. The lowest BCUT2D eigenvalue weighted by Crippen LogP contribution is -2.49. The fourth-order valence-electron chi connectivity index (χ4n) is 5.44. The molecular weight excluding hydrogens is 444 g/mol. The van der Waals surface area contributed by atoms with Crippen LogP contribution >= 0.6 is 0 Å². The van der Waals surface area contributed by atoms with Crippen LogP contribution in [-0.4, -0.2) is 42.3 Å². The SMILES string of the molecule is CC(CCCC(=O)O)NC(=O)C1(CNC(=O)OCC2c3ccccc3-c3ccccc32)CCCC1. The number of ether oxygens (including phenoxy) is 1. The number of amides is 2. The summed E-state index contributed by atoms with van der Waals surface area (Å²) in [6.07, 6.45) is 4.00. The van der Waals surface area contributed by atoms with Gasteiger partial charge in [0, 0.05) is 24.9 Å². The molecule has 2 aromatic rings. The molecule has 0 spiro atoms. The molecule has 7 heteroatoms. The fraction of sp³-hybridized carbons (Fsp3) is 0.464. The number of hydrogen-bond donors (Lipinski definition) is 3. The average Bonchev–Trinajstić information content (AvgIpc) is 3.45. The van der Waals surface area contributed by atoms with Crippen molar-refractivity contribution in [2.45, 2.75) is 63.8 Å². The van der Waals surface area contributed by atoms with Gasteiger partial charge in [0.05, 0.1) is 5.41 Å². The van der Waals surface area contributed by atoms with Gasteiger partial charge in [-0.3, -0.25) is 9.59 Å². The topological polar surface area (TPSA) is 105 Å². The molecule has 1 fully saturated rings. The predicted octanol–water partition coefficient (Wildman–Crippen LogP) is 4.85. The number of carboxylic acids is 1. The smallest absolute Gasteiger partial charge is 0.407 e. The van der Waals surface area contributed by atoms with E-state index in [4.69, 9.17) is 9.84 Å². The minimum absolute atomic E-state index is 0.0106. The molecular formula is C28H34N2O5. The highest BCUT2D eigenvalue weighted by atomic mass is 16.5. The number of hydrogen-bond acceptors (Lipinski definition) is 4. The van der Waals surface area contributed by atoms with Gasteiger partial charge in [0.25, 0.3) is 0 Å². The number of carbonyl (C=O) groups excluding carboxylic acids is 2. The molecule has 0 aromatic heterocycles. The first-order valence-corrected chi connectivity index (χ1v) is 12.5. The summed E-state index contributed by atoms with van der Waals surface area (Å²) >= 11 is 0. The lowest BCUT2D eigenvalue weighted by molar-refractivity contribution is -0.137. The summed E-state index contributed by atoms with van der Waals surface area (Å²) in [5.41, 5.74) is 4.02. The molecule has 2 aliphatic rings. The first kappa shape index (κ1) is 24.8. The lowest BCUT2D eigenvalue weighted by Gasteiger charge is -2.29. The number of carbonyl (C=O) groups is 3. The highest BCUT2D eigenvalue weighted by molar-refractivity contribution is 5.84. The van der Waals surface area contributed by atoms with Gasteiger partial charge in [0.1, 0.15) is 6.61 Å². The van der Waals surface area contributed by atoms with Crippen LogP contribution in [0.15, 0.2) is 48.5 Å². The Kier molecular flexibility index (Phi) is 7.73. The zero-order chi connectivity index (χ0) is 24.8. The number of aliphatic carboxylic acids is 1. The summed E-state index contributed by atoms with van der Waals surface area (Å²) in [6.45, 7) is 2.36. The van der Waals surface area contributed by atoms with E-state index in [1.807, 2.05) is 31.2 Å². The third-order valence-corrected chi connectivity index (χ3v) is 7.36. The van der Waals surface area contributed by atoms with Gasteiger partial charge in [-0.25, -0.2) is 4.79 Å². The number of rotatable bonds is 10. The normalized spacial score (nSPS) is 16.7. The molecule has 4 rings (SSSR count). The second-order valence-corrected chi connectivity index (χ2v) is 9.83. The van der Waals surface area contributed by atoms with E-state index in [1.54, 1.807) is 0 Å². The molecule has 2 amide bonds. The summed E-state index contributed by atoms with van der Waals surface area (Å²) in [4.78, 5) is 36.5. The van der Waals surface area contributed by atoms with E-state index in [9.17, 15) is 14.4 Å². The van der Waals surface area contributed by atoms with E-state index >= 15 is 0 Å². The van der Waals surface area contributed by atoms with Gasteiger partial charge in [0.15, 0.2) is 0 Å². The van der Waals surface area contributed by atoms with Gasteiger partial charge in [-0.1, -0.05) is 61.4 Å². The molecule has 2 aromatic carbocycles. The first-order valence-electron chi connectivity index (χ1n) is 12.5. The van der Waals surface area contributed by atoms with Crippen molar-refractivity contribution in [2.75, 3.05) is 13.2 Å². The standard InChI is InChI=1S/C28H34N2O5/c1-19(9-8-14-25(31)32)30-26(33)28(15-6-7-16-28)18-29-27(34)35-17-24-22-12-4-2-10-20(22)21-11-3-5-13-23(21)24/h2-5,10-13,19,24H,6-9,14-18H2,1H3,(H,29,34)(H,30,33)(H,31,32). The maximum Gasteiger partial charge on any atom is 0.407 e. The van der Waals surface area contributed by atoms with Crippen LogP contribution in [-0.2, 0) is 14.3 Å². The van der Waals surface area contributed by atoms with Crippen LogP contribution in [0.3, 0.4) is 0 Å². The van der Waals surface area contributed by atoms with Crippen molar-refractivity contribution in [1.29, 1.82) is 0 Å². The van der Waals surface area contributed by atoms with Gasteiger partial charge in [-0.05, 0) is 54.9 Å².